The highest BCUT2D eigenvalue weighted by Gasteiger charge is 2.15. The smallest absolute Gasteiger partial charge is 0.246 e. The lowest BCUT2D eigenvalue weighted by molar-refractivity contribution is -0.114. The summed E-state index contributed by atoms with van der Waals surface area (Å²) in [6.45, 7) is 7.75. The molecule has 0 unspecified atom stereocenters. The molecule has 1 aromatic heterocycles. The third-order valence-corrected chi connectivity index (χ3v) is 4.02. The van der Waals surface area contributed by atoms with Crippen molar-refractivity contribution in [3.8, 4) is 0 Å². The van der Waals surface area contributed by atoms with Crippen LogP contribution in [0.4, 0.5) is 5.69 Å². The van der Waals surface area contributed by atoms with Crippen LogP contribution in [0.3, 0.4) is 0 Å². The number of nitrogens with zero attached hydrogens (tertiary/aromatic N) is 4. The van der Waals surface area contributed by atoms with E-state index in [1.54, 1.807) is 0 Å². The molecule has 2 rings (SSSR count). The Bertz CT molecular complexity index is 772. The molecule has 0 fully saturated rings. The third kappa shape index (κ3) is 7.14. The Morgan fingerprint density at radius 1 is 1.29 bits per heavy atom. The van der Waals surface area contributed by atoms with Crippen LogP contribution >= 0.6 is 24.0 Å². The predicted molar refractivity (Wildman–Crippen MR) is 125 cm³/mol. The zero-order chi connectivity index (χ0) is 19.8. The highest BCUT2D eigenvalue weighted by atomic mass is 127. The summed E-state index contributed by atoms with van der Waals surface area (Å²) in [4.78, 5) is 18.7. The fourth-order valence-corrected chi connectivity index (χ4v) is 2.83. The topological polar surface area (TPSA) is 74.6 Å². The van der Waals surface area contributed by atoms with Crippen LogP contribution in [0.15, 0.2) is 41.5 Å². The molecule has 0 aliphatic carbocycles. The number of amides is 1. The number of carbonyl (C=O) groups is 1. The van der Waals surface area contributed by atoms with Gasteiger partial charge in [0.1, 0.15) is 6.54 Å². The van der Waals surface area contributed by atoms with Gasteiger partial charge >= 0.3 is 0 Å². The molecule has 1 aromatic carbocycles. The lowest BCUT2D eigenvalue weighted by Crippen LogP contribution is -2.39. The van der Waals surface area contributed by atoms with Gasteiger partial charge in [0, 0.05) is 44.6 Å². The summed E-state index contributed by atoms with van der Waals surface area (Å²) >= 11 is 0. The number of para-hydroxylation sites is 1. The van der Waals surface area contributed by atoms with Crippen LogP contribution in [-0.2, 0) is 18.4 Å². The van der Waals surface area contributed by atoms with Crippen molar-refractivity contribution in [3.05, 3.63) is 47.8 Å². The molecular weight excluding hydrogens is 467 g/mol. The first-order valence-electron chi connectivity index (χ1n) is 9.27. The maximum absolute atomic E-state index is 12.2. The molecule has 8 heteroatoms. The van der Waals surface area contributed by atoms with Gasteiger partial charge in [-0.15, -0.1) is 24.0 Å². The van der Waals surface area contributed by atoms with Crippen LogP contribution in [0.2, 0.25) is 0 Å². The Morgan fingerprint density at radius 3 is 2.57 bits per heavy atom. The van der Waals surface area contributed by atoms with Crippen molar-refractivity contribution in [2.45, 2.75) is 33.2 Å². The Kier molecular flexibility index (Phi) is 9.98. The summed E-state index contributed by atoms with van der Waals surface area (Å²) in [5, 5.41) is 10.7. The van der Waals surface area contributed by atoms with Gasteiger partial charge in [0.25, 0.3) is 0 Å². The highest BCUT2D eigenvalue weighted by Crippen LogP contribution is 2.18. The molecule has 7 nitrogen and oxygen atoms in total. The number of carbonyl (C=O) groups excluding carboxylic acids is 1. The quantitative estimate of drug-likeness (QED) is 0.350. The van der Waals surface area contributed by atoms with Crippen LogP contribution in [-0.4, -0.2) is 46.7 Å². The predicted octanol–water partition coefficient (Wildman–Crippen LogP) is 3.20. The number of rotatable bonds is 7. The van der Waals surface area contributed by atoms with E-state index in [0.717, 1.165) is 23.5 Å². The van der Waals surface area contributed by atoms with Gasteiger partial charge < -0.3 is 15.5 Å². The molecule has 0 aliphatic heterocycles. The molecule has 0 aliphatic rings. The SMILES string of the molecule is CCNC(=NCC(=O)Nc1ccccc1)N(C)Cc1cn(C)nc1C(C)C.I. The third-order valence-electron chi connectivity index (χ3n) is 4.02. The molecule has 0 saturated carbocycles. The van der Waals surface area contributed by atoms with Crippen molar-refractivity contribution in [2.24, 2.45) is 12.0 Å². The maximum Gasteiger partial charge on any atom is 0.246 e. The molecule has 154 valence electrons. The Morgan fingerprint density at radius 2 is 1.96 bits per heavy atom. The fraction of sp³-hybridized carbons (Fsp3) is 0.450. The van der Waals surface area contributed by atoms with Gasteiger partial charge in [-0.25, -0.2) is 4.99 Å². The summed E-state index contributed by atoms with van der Waals surface area (Å²) in [7, 11) is 3.90. The minimum absolute atomic E-state index is 0. The van der Waals surface area contributed by atoms with Crippen molar-refractivity contribution >= 4 is 41.5 Å². The van der Waals surface area contributed by atoms with Gasteiger partial charge in [-0.2, -0.15) is 5.10 Å². The molecule has 0 bridgehead atoms. The average molecular weight is 498 g/mol. The second-order valence-corrected chi connectivity index (χ2v) is 6.81. The largest absolute Gasteiger partial charge is 0.357 e. The Labute approximate surface area is 184 Å². The van der Waals surface area contributed by atoms with E-state index < -0.39 is 0 Å². The van der Waals surface area contributed by atoms with E-state index in [2.05, 4.69) is 34.6 Å². The van der Waals surface area contributed by atoms with Gasteiger partial charge in [-0.1, -0.05) is 32.0 Å². The van der Waals surface area contributed by atoms with Crippen LogP contribution < -0.4 is 10.6 Å². The van der Waals surface area contributed by atoms with E-state index in [-0.39, 0.29) is 36.4 Å². The first kappa shape index (κ1) is 23.9. The van der Waals surface area contributed by atoms with Crippen LogP contribution in [0.5, 0.6) is 0 Å². The molecular formula is C20H31IN6O. The van der Waals surface area contributed by atoms with Gasteiger partial charge in [0.05, 0.1) is 5.69 Å². The minimum Gasteiger partial charge on any atom is -0.357 e. The number of nitrogens with one attached hydrogen (secondary N) is 2. The van der Waals surface area contributed by atoms with Crippen molar-refractivity contribution in [1.29, 1.82) is 0 Å². The second-order valence-electron chi connectivity index (χ2n) is 6.81. The zero-order valence-corrected chi connectivity index (χ0v) is 19.6. The van der Waals surface area contributed by atoms with Crippen LogP contribution in [0.25, 0.3) is 0 Å². The van der Waals surface area contributed by atoms with Gasteiger partial charge in [-0.3, -0.25) is 9.48 Å². The summed E-state index contributed by atoms with van der Waals surface area (Å²) in [5.74, 6) is 0.902. The first-order chi connectivity index (χ1) is 12.9. The van der Waals surface area contributed by atoms with E-state index in [0.29, 0.717) is 18.4 Å². The molecule has 0 saturated heterocycles. The number of hydrogen-bond donors (Lipinski definition) is 2. The fourth-order valence-electron chi connectivity index (χ4n) is 2.83. The average Bonchev–Trinajstić information content (AvgIpc) is 3.00. The van der Waals surface area contributed by atoms with Crippen molar-refractivity contribution in [1.82, 2.24) is 20.0 Å². The molecule has 0 radical (unpaired) electrons. The van der Waals surface area contributed by atoms with E-state index in [4.69, 9.17) is 0 Å². The Hall–Kier alpha value is -2.10. The monoisotopic (exact) mass is 498 g/mol. The Balaban J connectivity index is 0.00000392. The molecule has 1 amide bonds. The zero-order valence-electron chi connectivity index (χ0n) is 17.3. The van der Waals surface area contributed by atoms with E-state index in [1.807, 2.05) is 67.1 Å². The number of guanidine groups is 1. The number of aliphatic imine (C=N–C) groups is 1. The summed E-state index contributed by atoms with van der Waals surface area (Å²) in [6, 6.07) is 9.40. The summed E-state index contributed by atoms with van der Waals surface area (Å²) in [6.07, 6.45) is 2.04. The summed E-state index contributed by atoms with van der Waals surface area (Å²) in [5.41, 5.74) is 3.02. The number of anilines is 1. The normalized spacial score (nSPS) is 11.1. The van der Waals surface area contributed by atoms with Crippen LogP contribution in [0, 0.1) is 0 Å². The second kappa shape index (κ2) is 11.7. The molecule has 1 heterocycles. The van der Waals surface area contributed by atoms with E-state index in [1.165, 1.54) is 0 Å². The maximum atomic E-state index is 12.2. The minimum atomic E-state index is -0.144. The first-order valence-corrected chi connectivity index (χ1v) is 9.27. The molecule has 28 heavy (non-hydrogen) atoms. The van der Waals surface area contributed by atoms with Crippen molar-refractivity contribution in [3.63, 3.8) is 0 Å². The van der Waals surface area contributed by atoms with E-state index in [9.17, 15) is 4.79 Å². The van der Waals surface area contributed by atoms with E-state index >= 15 is 0 Å². The lowest BCUT2D eigenvalue weighted by atomic mass is 10.1. The van der Waals surface area contributed by atoms with Crippen molar-refractivity contribution in [2.75, 3.05) is 25.5 Å². The molecule has 0 spiro atoms. The molecule has 0 atom stereocenters. The number of aryl methyl sites for hydroxylation is 1. The number of hydrogen-bond acceptors (Lipinski definition) is 3. The van der Waals surface area contributed by atoms with Gasteiger partial charge in [0.2, 0.25) is 5.91 Å². The van der Waals surface area contributed by atoms with Gasteiger partial charge in [-0.05, 0) is 25.0 Å². The highest BCUT2D eigenvalue weighted by molar-refractivity contribution is 14.0. The van der Waals surface area contributed by atoms with Gasteiger partial charge in [0.15, 0.2) is 5.96 Å². The lowest BCUT2D eigenvalue weighted by Gasteiger charge is -2.22. The van der Waals surface area contributed by atoms with Crippen molar-refractivity contribution < 1.29 is 4.79 Å². The van der Waals surface area contributed by atoms with Crippen LogP contribution in [0.1, 0.15) is 37.9 Å². The standard InChI is InChI=1S/C20H30N6O.HI/c1-6-21-20(22-12-18(27)23-17-10-8-7-9-11-17)25(4)13-16-14-26(5)24-19(16)15(2)3;/h7-11,14-15H,6,12-13H2,1-5H3,(H,21,22)(H,23,27);1H. The summed E-state index contributed by atoms with van der Waals surface area (Å²) < 4.78 is 1.84. The number of halogens is 1. The molecule has 2 N–H and O–H groups in total. The number of benzene rings is 1. The number of aromatic nitrogens is 2. The molecule has 2 aromatic rings.